The lowest BCUT2D eigenvalue weighted by Gasteiger charge is -2.16. The minimum Gasteiger partial charge on any atom is -0.493 e. The lowest BCUT2D eigenvalue weighted by Crippen LogP contribution is -2.20. The molecule has 0 amide bonds. The number of nitrogens with zero attached hydrogens (tertiary/aromatic N) is 2. The Hall–Kier alpha value is -4.00. The Labute approximate surface area is 192 Å². The van der Waals surface area contributed by atoms with Crippen LogP contribution in [0.5, 0.6) is 11.5 Å². The van der Waals surface area contributed by atoms with Crippen LogP contribution in [0.15, 0.2) is 77.5 Å². The first kappa shape index (κ1) is 22.2. The van der Waals surface area contributed by atoms with Crippen molar-refractivity contribution >= 4 is 5.97 Å². The summed E-state index contributed by atoms with van der Waals surface area (Å²) >= 11 is 0. The molecule has 2 heterocycles. The summed E-state index contributed by atoms with van der Waals surface area (Å²) in [6, 6.07) is 18.2. The van der Waals surface area contributed by atoms with Gasteiger partial charge in [0.15, 0.2) is 11.5 Å². The van der Waals surface area contributed by atoms with Gasteiger partial charge in [-0.15, -0.1) is 0 Å². The molecule has 4 rings (SSSR count). The molecule has 7 nitrogen and oxygen atoms in total. The molecular weight excluding hydrogens is 420 g/mol. The van der Waals surface area contributed by atoms with E-state index >= 15 is 0 Å². The topological polar surface area (TPSA) is 86.7 Å². The van der Waals surface area contributed by atoms with Gasteiger partial charge in [0.2, 0.25) is 5.89 Å². The van der Waals surface area contributed by atoms with Crippen molar-refractivity contribution in [2.45, 2.75) is 25.8 Å². The Morgan fingerprint density at radius 2 is 1.85 bits per heavy atom. The number of methoxy groups -OCH3 is 1. The van der Waals surface area contributed by atoms with Crippen molar-refractivity contribution in [3.8, 4) is 23.0 Å². The van der Waals surface area contributed by atoms with Gasteiger partial charge in [-0.1, -0.05) is 24.3 Å². The molecule has 2 aromatic carbocycles. The second-order valence-electron chi connectivity index (χ2n) is 7.66. The number of hydrogen-bond donors (Lipinski definition) is 1. The number of carboxylic acid groups (broad SMARTS) is 1. The summed E-state index contributed by atoms with van der Waals surface area (Å²) in [5.74, 6) is 1.64. The summed E-state index contributed by atoms with van der Waals surface area (Å²) in [6.07, 6.45) is 4.42. The number of aromatic nitrogens is 2. The van der Waals surface area contributed by atoms with Gasteiger partial charge in [-0.3, -0.25) is 0 Å². The molecule has 170 valence electrons. The zero-order chi connectivity index (χ0) is 23.2. The molecule has 1 atom stereocenters. The van der Waals surface area contributed by atoms with Crippen molar-refractivity contribution in [3.05, 3.63) is 90.1 Å². The minimum atomic E-state index is -0.886. The molecule has 0 spiro atoms. The highest BCUT2D eigenvalue weighted by molar-refractivity contribution is 5.72. The molecule has 7 heteroatoms. The maximum Gasteiger partial charge on any atom is 0.327 e. The smallest absolute Gasteiger partial charge is 0.327 e. The van der Waals surface area contributed by atoms with Crippen molar-refractivity contribution in [1.82, 2.24) is 9.55 Å². The number of benzene rings is 2. The monoisotopic (exact) mass is 446 g/mol. The van der Waals surface area contributed by atoms with Crippen LogP contribution in [0.3, 0.4) is 0 Å². The molecule has 0 saturated carbocycles. The highest BCUT2D eigenvalue weighted by atomic mass is 16.5. The van der Waals surface area contributed by atoms with Gasteiger partial charge in [-0.25, -0.2) is 9.78 Å². The van der Waals surface area contributed by atoms with Crippen LogP contribution in [-0.4, -0.2) is 34.3 Å². The lowest BCUT2D eigenvalue weighted by atomic mass is 10.1. The van der Waals surface area contributed by atoms with Gasteiger partial charge in [0.1, 0.15) is 11.8 Å². The number of oxazole rings is 1. The molecule has 0 saturated heterocycles. The molecule has 2 aromatic heterocycles. The third-order valence-corrected chi connectivity index (χ3v) is 5.44. The highest BCUT2D eigenvalue weighted by Crippen LogP contribution is 2.30. The first-order valence-electron chi connectivity index (χ1n) is 10.7. The number of rotatable bonds is 10. The van der Waals surface area contributed by atoms with Gasteiger partial charge in [0, 0.05) is 30.8 Å². The first-order chi connectivity index (χ1) is 16.0. The summed E-state index contributed by atoms with van der Waals surface area (Å²) in [4.78, 5) is 16.3. The van der Waals surface area contributed by atoms with E-state index in [1.807, 2.05) is 67.6 Å². The molecule has 1 N–H and O–H groups in total. The van der Waals surface area contributed by atoms with Gasteiger partial charge in [-0.2, -0.15) is 0 Å². The van der Waals surface area contributed by atoms with E-state index in [1.165, 1.54) is 0 Å². The Morgan fingerprint density at radius 1 is 1.09 bits per heavy atom. The quantitative estimate of drug-likeness (QED) is 0.371. The molecule has 0 aliphatic carbocycles. The number of hydrogen-bond acceptors (Lipinski definition) is 5. The highest BCUT2D eigenvalue weighted by Gasteiger charge is 2.20. The van der Waals surface area contributed by atoms with Crippen LogP contribution in [0.4, 0.5) is 0 Å². The maximum absolute atomic E-state index is 11.7. The van der Waals surface area contributed by atoms with E-state index in [-0.39, 0.29) is 0 Å². The van der Waals surface area contributed by atoms with Gasteiger partial charge in [-0.05, 0) is 48.9 Å². The largest absolute Gasteiger partial charge is 0.493 e. The number of aliphatic carboxylic acids is 1. The minimum absolute atomic E-state index is 0.334. The normalized spacial score (nSPS) is 11.8. The first-order valence-corrected chi connectivity index (χ1v) is 10.7. The molecule has 0 bridgehead atoms. The number of carboxylic acids is 1. The van der Waals surface area contributed by atoms with Crippen LogP contribution >= 0.6 is 0 Å². The zero-order valence-corrected chi connectivity index (χ0v) is 18.6. The summed E-state index contributed by atoms with van der Waals surface area (Å²) in [5, 5.41) is 9.62. The number of ether oxygens (including phenoxy) is 2. The fraction of sp³-hybridized carbons (Fsp3) is 0.231. The average molecular weight is 447 g/mol. The summed E-state index contributed by atoms with van der Waals surface area (Å²) in [5.41, 5.74) is 2.63. The van der Waals surface area contributed by atoms with E-state index in [1.54, 1.807) is 24.1 Å². The van der Waals surface area contributed by atoms with Gasteiger partial charge in [0.05, 0.1) is 19.4 Å². The number of aryl methyl sites for hydroxylation is 1. The fourth-order valence-electron chi connectivity index (χ4n) is 3.68. The Balaban J connectivity index is 1.41. The molecule has 33 heavy (non-hydrogen) atoms. The Kier molecular flexibility index (Phi) is 6.78. The fourth-order valence-corrected chi connectivity index (χ4v) is 3.68. The van der Waals surface area contributed by atoms with E-state index in [0.29, 0.717) is 36.8 Å². The summed E-state index contributed by atoms with van der Waals surface area (Å²) in [7, 11) is 1.57. The molecule has 0 aliphatic rings. The van der Waals surface area contributed by atoms with E-state index in [0.717, 1.165) is 22.6 Å². The van der Waals surface area contributed by atoms with Crippen molar-refractivity contribution in [3.63, 3.8) is 0 Å². The van der Waals surface area contributed by atoms with Crippen molar-refractivity contribution in [2.24, 2.45) is 0 Å². The van der Waals surface area contributed by atoms with Crippen molar-refractivity contribution < 1.29 is 23.8 Å². The molecular formula is C26H26N2O5. The van der Waals surface area contributed by atoms with Gasteiger partial charge in [0.25, 0.3) is 0 Å². The molecule has 0 unspecified atom stereocenters. The van der Waals surface area contributed by atoms with E-state index < -0.39 is 12.0 Å². The van der Waals surface area contributed by atoms with Crippen molar-refractivity contribution in [2.75, 3.05) is 13.7 Å². The third kappa shape index (κ3) is 5.26. The van der Waals surface area contributed by atoms with Crippen LogP contribution in [0.2, 0.25) is 0 Å². The van der Waals surface area contributed by atoms with Crippen LogP contribution in [0.1, 0.15) is 23.1 Å². The second kappa shape index (κ2) is 10.1. The van der Waals surface area contributed by atoms with E-state index in [2.05, 4.69) is 4.98 Å². The second-order valence-corrected chi connectivity index (χ2v) is 7.66. The lowest BCUT2D eigenvalue weighted by molar-refractivity contribution is -0.140. The summed E-state index contributed by atoms with van der Waals surface area (Å²) < 4.78 is 18.9. The predicted molar refractivity (Wildman–Crippen MR) is 124 cm³/mol. The van der Waals surface area contributed by atoms with Crippen LogP contribution < -0.4 is 9.47 Å². The van der Waals surface area contributed by atoms with Crippen LogP contribution in [-0.2, 0) is 17.6 Å². The maximum atomic E-state index is 11.7. The van der Waals surface area contributed by atoms with Gasteiger partial charge < -0.3 is 23.6 Å². The molecule has 0 fully saturated rings. The summed E-state index contributed by atoms with van der Waals surface area (Å²) in [6.45, 7) is 2.30. The predicted octanol–water partition coefficient (Wildman–Crippen LogP) is 4.95. The molecule has 4 aromatic rings. The van der Waals surface area contributed by atoms with E-state index in [4.69, 9.17) is 13.9 Å². The van der Waals surface area contributed by atoms with Crippen LogP contribution in [0, 0.1) is 6.92 Å². The Bertz CT molecular complexity index is 1200. The molecule has 0 radical (unpaired) electrons. The third-order valence-electron chi connectivity index (χ3n) is 5.44. The number of carbonyl (C=O) groups is 1. The van der Waals surface area contributed by atoms with Crippen molar-refractivity contribution in [1.29, 1.82) is 0 Å². The Morgan fingerprint density at radius 3 is 2.55 bits per heavy atom. The zero-order valence-electron chi connectivity index (χ0n) is 18.6. The average Bonchev–Trinajstić information content (AvgIpc) is 3.48. The van der Waals surface area contributed by atoms with E-state index in [9.17, 15) is 9.90 Å². The van der Waals surface area contributed by atoms with Gasteiger partial charge >= 0.3 is 5.97 Å². The molecule has 0 aliphatic heterocycles. The standard InChI is InChI=1S/C26H26N2O5/c1-18-21(27-25(33-18)20-8-4-3-5-9-20)12-15-32-23-11-10-19(17-24(23)31-2)16-22(26(29)30)28-13-6-7-14-28/h3-11,13-14,17,22H,12,15-16H2,1-2H3,(H,29,30)/t22-/m0/s1. The van der Waals surface area contributed by atoms with Crippen LogP contribution in [0.25, 0.3) is 11.5 Å². The SMILES string of the molecule is COc1cc(C[C@@H](C(=O)O)n2cccc2)ccc1OCCc1nc(-c2ccccc2)oc1C.